The van der Waals surface area contributed by atoms with E-state index in [0.717, 1.165) is 21.3 Å². The van der Waals surface area contributed by atoms with Crippen molar-refractivity contribution in [3.8, 4) is 11.5 Å². The van der Waals surface area contributed by atoms with Crippen LogP contribution in [0.2, 0.25) is 0 Å². The van der Waals surface area contributed by atoms with E-state index >= 15 is 0 Å². The highest BCUT2D eigenvalue weighted by atomic mass is 32.2. The fourth-order valence-corrected chi connectivity index (χ4v) is 4.03. The summed E-state index contributed by atoms with van der Waals surface area (Å²) in [5.74, 6) is 0.407. The molecule has 0 saturated carbocycles. The van der Waals surface area contributed by atoms with Gasteiger partial charge in [-0.1, -0.05) is 42.5 Å². The first-order chi connectivity index (χ1) is 14.8. The molecule has 0 saturated heterocycles. The minimum Gasteiger partial charge on any atom is -0.493 e. The van der Waals surface area contributed by atoms with Crippen LogP contribution in [-0.4, -0.2) is 47.6 Å². The summed E-state index contributed by atoms with van der Waals surface area (Å²) < 4.78 is 36.5. The van der Waals surface area contributed by atoms with Gasteiger partial charge in [0, 0.05) is 10.9 Å². The van der Waals surface area contributed by atoms with Crippen LogP contribution in [-0.2, 0) is 14.8 Å². The normalized spacial score (nSPS) is 11.5. The highest BCUT2D eigenvalue weighted by Gasteiger charge is 2.22. The van der Waals surface area contributed by atoms with E-state index in [0.29, 0.717) is 22.7 Å². The maximum absolute atomic E-state index is 12.5. The molecule has 31 heavy (non-hydrogen) atoms. The van der Waals surface area contributed by atoms with E-state index in [1.54, 1.807) is 30.3 Å². The molecule has 3 aromatic rings. The van der Waals surface area contributed by atoms with E-state index in [-0.39, 0.29) is 0 Å². The number of hydrazone groups is 1. The predicted molar refractivity (Wildman–Crippen MR) is 121 cm³/mol. The molecule has 0 aromatic heterocycles. The molecule has 162 valence electrons. The summed E-state index contributed by atoms with van der Waals surface area (Å²) in [7, 11) is -0.694. The molecular weight excluding hydrogens is 418 g/mol. The van der Waals surface area contributed by atoms with E-state index in [4.69, 9.17) is 9.47 Å². The molecule has 0 bridgehead atoms. The fraction of sp³-hybridized carbons (Fsp3) is 0.182. The Morgan fingerprint density at radius 2 is 1.74 bits per heavy atom. The zero-order chi connectivity index (χ0) is 22.4. The number of amides is 1. The molecule has 0 unspecified atom stereocenters. The van der Waals surface area contributed by atoms with Gasteiger partial charge >= 0.3 is 0 Å². The molecule has 0 aliphatic rings. The Bertz CT molecular complexity index is 1220. The Morgan fingerprint density at radius 3 is 2.45 bits per heavy atom. The zero-order valence-electron chi connectivity index (χ0n) is 17.4. The van der Waals surface area contributed by atoms with Crippen molar-refractivity contribution in [2.24, 2.45) is 5.10 Å². The van der Waals surface area contributed by atoms with Crippen LogP contribution >= 0.6 is 0 Å². The molecule has 0 heterocycles. The second kappa shape index (κ2) is 9.48. The van der Waals surface area contributed by atoms with Crippen LogP contribution < -0.4 is 19.2 Å². The van der Waals surface area contributed by atoms with Crippen LogP contribution in [0.5, 0.6) is 11.5 Å². The number of para-hydroxylation sites is 1. The largest absolute Gasteiger partial charge is 0.493 e. The molecule has 0 spiro atoms. The van der Waals surface area contributed by atoms with Gasteiger partial charge < -0.3 is 9.47 Å². The summed E-state index contributed by atoms with van der Waals surface area (Å²) in [6, 6.07) is 17.9. The van der Waals surface area contributed by atoms with E-state index in [2.05, 4.69) is 10.5 Å². The third-order valence-electron chi connectivity index (χ3n) is 4.55. The summed E-state index contributed by atoms with van der Waals surface area (Å²) in [6.07, 6.45) is 2.47. The lowest BCUT2D eigenvalue weighted by atomic mass is 10.1. The van der Waals surface area contributed by atoms with Gasteiger partial charge in [-0.15, -0.1) is 0 Å². The highest BCUT2D eigenvalue weighted by molar-refractivity contribution is 7.92. The van der Waals surface area contributed by atoms with Crippen molar-refractivity contribution in [2.45, 2.75) is 0 Å². The molecule has 0 aliphatic carbocycles. The van der Waals surface area contributed by atoms with Gasteiger partial charge in [-0.25, -0.2) is 13.8 Å². The third-order valence-corrected chi connectivity index (χ3v) is 5.68. The first-order valence-electron chi connectivity index (χ1n) is 9.33. The molecule has 3 aromatic carbocycles. The monoisotopic (exact) mass is 441 g/mol. The Labute approximate surface area is 181 Å². The van der Waals surface area contributed by atoms with Gasteiger partial charge in [-0.2, -0.15) is 5.10 Å². The van der Waals surface area contributed by atoms with Gasteiger partial charge in [0.25, 0.3) is 5.91 Å². The minimum absolute atomic E-state index is 0.417. The van der Waals surface area contributed by atoms with Crippen LogP contribution in [0.25, 0.3) is 10.8 Å². The number of sulfonamides is 1. The Hall–Kier alpha value is -3.59. The van der Waals surface area contributed by atoms with Crippen molar-refractivity contribution >= 4 is 38.6 Å². The number of carbonyl (C=O) groups is 1. The van der Waals surface area contributed by atoms with Crippen LogP contribution in [0.4, 0.5) is 5.69 Å². The maximum atomic E-state index is 12.5. The SMILES string of the molecule is COc1cccc(/C=N\NC(=O)CN(c2cccc3ccccc23)S(C)(=O)=O)c1OC. The van der Waals surface area contributed by atoms with Gasteiger partial charge in [0.15, 0.2) is 11.5 Å². The van der Waals surface area contributed by atoms with E-state index in [9.17, 15) is 13.2 Å². The van der Waals surface area contributed by atoms with E-state index in [1.807, 2.05) is 30.3 Å². The van der Waals surface area contributed by atoms with Gasteiger partial charge in [0.05, 0.1) is 32.4 Å². The van der Waals surface area contributed by atoms with Gasteiger partial charge in [-0.3, -0.25) is 9.10 Å². The van der Waals surface area contributed by atoms with Crippen LogP contribution in [0.1, 0.15) is 5.56 Å². The number of anilines is 1. The molecule has 1 amide bonds. The fourth-order valence-electron chi connectivity index (χ4n) is 3.16. The predicted octanol–water partition coefficient (Wildman–Crippen LogP) is 2.77. The molecule has 9 heteroatoms. The Balaban J connectivity index is 1.81. The highest BCUT2D eigenvalue weighted by Crippen LogP contribution is 2.30. The number of nitrogens with one attached hydrogen (secondary N) is 1. The first-order valence-corrected chi connectivity index (χ1v) is 11.2. The lowest BCUT2D eigenvalue weighted by Gasteiger charge is -2.23. The summed E-state index contributed by atoms with van der Waals surface area (Å²) in [6.45, 7) is -0.417. The van der Waals surface area contributed by atoms with Crippen molar-refractivity contribution in [1.82, 2.24) is 5.43 Å². The topological polar surface area (TPSA) is 97.3 Å². The molecule has 8 nitrogen and oxygen atoms in total. The van der Waals surface area contributed by atoms with Gasteiger partial charge in [0.2, 0.25) is 10.0 Å². The van der Waals surface area contributed by atoms with Gasteiger partial charge in [0.1, 0.15) is 6.54 Å². The molecule has 0 aliphatic heterocycles. The standard InChI is InChI=1S/C22H23N3O5S/c1-29-20-13-7-10-17(22(20)30-2)14-23-24-21(26)15-25(31(3,27)28)19-12-6-9-16-8-4-5-11-18(16)19/h4-14H,15H2,1-3H3,(H,24,26)/b23-14-. The van der Waals surface area contributed by atoms with Crippen LogP contribution in [0, 0.1) is 0 Å². The summed E-state index contributed by atoms with van der Waals surface area (Å²) in [5.41, 5.74) is 3.39. The van der Waals surface area contributed by atoms with Gasteiger partial charge in [-0.05, 0) is 23.6 Å². The zero-order valence-corrected chi connectivity index (χ0v) is 18.2. The Morgan fingerprint density at radius 1 is 1.03 bits per heavy atom. The van der Waals surface area contributed by atoms with Crippen molar-refractivity contribution in [3.63, 3.8) is 0 Å². The van der Waals surface area contributed by atoms with Crippen LogP contribution in [0.15, 0.2) is 65.8 Å². The molecule has 0 atom stereocenters. The maximum Gasteiger partial charge on any atom is 0.260 e. The third kappa shape index (κ3) is 5.13. The average Bonchev–Trinajstić information content (AvgIpc) is 2.76. The molecule has 0 radical (unpaired) electrons. The quantitative estimate of drug-likeness (QED) is 0.428. The van der Waals surface area contributed by atoms with Crippen LogP contribution in [0.3, 0.4) is 0 Å². The van der Waals surface area contributed by atoms with E-state index in [1.165, 1.54) is 20.4 Å². The molecular formula is C22H23N3O5S. The Kier molecular flexibility index (Phi) is 6.76. The first kappa shape index (κ1) is 22.1. The number of hydrogen-bond acceptors (Lipinski definition) is 6. The molecule has 3 rings (SSSR count). The van der Waals surface area contributed by atoms with Crippen molar-refractivity contribution in [1.29, 1.82) is 0 Å². The number of carbonyl (C=O) groups excluding carboxylic acids is 1. The number of nitrogens with zero attached hydrogens (tertiary/aromatic N) is 2. The second-order valence-corrected chi connectivity index (χ2v) is 8.55. The summed E-state index contributed by atoms with van der Waals surface area (Å²) in [5, 5.41) is 5.54. The summed E-state index contributed by atoms with van der Waals surface area (Å²) >= 11 is 0. The molecule has 1 N–H and O–H groups in total. The number of methoxy groups -OCH3 is 2. The van der Waals surface area contributed by atoms with Crippen molar-refractivity contribution < 1.29 is 22.7 Å². The number of rotatable bonds is 8. The number of hydrogen-bond donors (Lipinski definition) is 1. The number of benzene rings is 3. The average molecular weight is 442 g/mol. The lowest BCUT2D eigenvalue weighted by molar-refractivity contribution is -0.119. The smallest absolute Gasteiger partial charge is 0.260 e. The van der Waals surface area contributed by atoms with Crippen molar-refractivity contribution in [2.75, 3.05) is 31.3 Å². The van der Waals surface area contributed by atoms with E-state index < -0.39 is 22.5 Å². The van der Waals surface area contributed by atoms with Crippen molar-refractivity contribution in [3.05, 3.63) is 66.2 Å². The number of fused-ring (bicyclic) bond motifs is 1. The number of ether oxygens (including phenoxy) is 2. The summed E-state index contributed by atoms with van der Waals surface area (Å²) in [4.78, 5) is 12.5. The molecule has 0 fully saturated rings. The second-order valence-electron chi connectivity index (χ2n) is 6.64. The minimum atomic E-state index is -3.72. The lowest BCUT2D eigenvalue weighted by Crippen LogP contribution is -2.39.